The number of amides is 1. The average molecular weight is 462 g/mol. The number of hydrogen-bond acceptors (Lipinski definition) is 4. The first kappa shape index (κ1) is 22.4. The van der Waals surface area contributed by atoms with Crippen LogP contribution in [0.4, 0.5) is 0 Å². The smallest absolute Gasteiger partial charge is 0.258 e. The molecule has 1 heterocycles. The van der Waals surface area contributed by atoms with E-state index in [1.165, 1.54) is 0 Å². The topological polar surface area (TPSA) is 65.4 Å². The van der Waals surface area contributed by atoms with Gasteiger partial charge >= 0.3 is 0 Å². The third-order valence-corrected chi connectivity index (χ3v) is 5.56. The Morgan fingerprint density at radius 1 is 1.06 bits per heavy atom. The van der Waals surface area contributed by atoms with Crippen LogP contribution < -0.4 is 14.8 Å². The van der Waals surface area contributed by atoms with Crippen molar-refractivity contribution in [2.75, 3.05) is 13.7 Å². The van der Waals surface area contributed by atoms with Crippen molar-refractivity contribution in [1.29, 1.82) is 0 Å². The summed E-state index contributed by atoms with van der Waals surface area (Å²) in [4.78, 5) is 17.2. The highest BCUT2D eigenvalue weighted by atomic mass is 35.5. The predicted molar refractivity (Wildman–Crippen MR) is 129 cm³/mol. The number of aryl methyl sites for hydroxylation is 1. The molecule has 4 aromatic rings. The Labute approximate surface area is 197 Å². The molecule has 0 bridgehead atoms. The molecule has 168 valence electrons. The Morgan fingerprint density at radius 3 is 2.45 bits per heavy atom. The highest BCUT2D eigenvalue weighted by molar-refractivity contribution is 6.32. The molecule has 33 heavy (non-hydrogen) atoms. The molecule has 1 N–H and O–H groups in total. The van der Waals surface area contributed by atoms with Crippen LogP contribution in [0.25, 0.3) is 11.1 Å². The van der Waals surface area contributed by atoms with Crippen molar-refractivity contribution in [2.24, 2.45) is 7.05 Å². The summed E-state index contributed by atoms with van der Waals surface area (Å²) in [5.41, 5.74) is 2.91. The van der Waals surface area contributed by atoms with Crippen molar-refractivity contribution in [3.8, 4) is 22.6 Å². The molecular weight excluding hydrogens is 438 g/mol. The lowest BCUT2D eigenvalue weighted by Gasteiger charge is -2.20. The van der Waals surface area contributed by atoms with E-state index in [2.05, 4.69) is 10.3 Å². The number of nitrogens with zero attached hydrogens (tertiary/aromatic N) is 2. The second-order valence-corrected chi connectivity index (χ2v) is 7.88. The van der Waals surface area contributed by atoms with E-state index < -0.39 is 6.04 Å². The first-order valence-electron chi connectivity index (χ1n) is 10.4. The van der Waals surface area contributed by atoms with Crippen LogP contribution in [0.5, 0.6) is 11.5 Å². The van der Waals surface area contributed by atoms with Crippen LogP contribution in [0, 0.1) is 0 Å². The molecule has 0 aliphatic heterocycles. The van der Waals surface area contributed by atoms with E-state index in [0.717, 1.165) is 22.4 Å². The van der Waals surface area contributed by atoms with Crippen molar-refractivity contribution < 1.29 is 14.3 Å². The SMILES string of the molecule is COc1ccc([C@@H](NC(=O)COc2ccc(-c3ccccc3)cc2Cl)c2nccn2C)cc1. The number of imidazole rings is 1. The number of methoxy groups -OCH3 is 1. The maximum absolute atomic E-state index is 12.8. The van der Waals surface area contributed by atoms with Crippen molar-refractivity contribution in [3.63, 3.8) is 0 Å². The molecule has 3 aromatic carbocycles. The van der Waals surface area contributed by atoms with E-state index in [1.54, 1.807) is 19.4 Å². The third-order valence-electron chi connectivity index (χ3n) is 5.27. The van der Waals surface area contributed by atoms with Crippen LogP contribution in [0.15, 0.2) is 85.2 Å². The molecule has 6 nitrogen and oxygen atoms in total. The fraction of sp³-hybridized carbons (Fsp3) is 0.154. The zero-order chi connectivity index (χ0) is 23.2. The highest BCUT2D eigenvalue weighted by Crippen LogP contribution is 2.30. The fourth-order valence-corrected chi connectivity index (χ4v) is 3.76. The number of rotatable bonds is 8. The quantitative estimate of drug-likeness (QED) is 0.399. The minimum atomic E-state index is -0.442. The van der Waals surface area contributed by atoms with Gasteiger partial charge in [0.15, 0.2) is 6.61 Å². The summed E-state index contributed by atoms with van der Waals surface area (Å²) in [5.74, 6) is 1.60. The van der Waals surface area contributed by atoms with Gasteiger partial charge in [-0.3, -0.25) is 4.79 Å². The molecule has 1 amide bonds. The molecule has 0 unspecified atom stereocenters. The molecule has 0 radical (unpaired) electrons. The summed E-state index contributed by atoms with van der Waals surface area (Å²) in [7, 11) is 3.50. The van der Waals surface area contributed by atoms with Gasteiger partial charge in [0.2, 0.25) is 0 Å². The van der Waals surface area contributed by atoms with Crippen molar-refractivity contribution in [1.82, 2.24) is 14.9 Å². The van der Waals surface area contributed by atoms with Gasteiger partial charge in [-0.15, -0.1) is 0 Å². The number of aromatic nitrogens is 2. The standard InChI is InChI=1S/C26H24ClN3O3/c1-30-15-14-28-26(30)25(19-8-11-21(32-2)12-9-19)29-24(31)17-33-23-13-10-20(16-22(23)27)18-6-4-3-5-7-18/h3-16,25H,17H2,1-2H3,(H,29,31)/t25-/m1/s1. The minimum absolute atomic E-state index is 0.179. The maximum atomic E-state index is 12.8. The first-order chi connectivity index (χ1) is 16.0. The van der Waals surface area contributed by atoms with Gasteiger partial charge in [-0.1, -0.05) is 60.1 Å². The van der Waals surface area contributed by atoms with Crippen LogP contribution in [0.3, 0.4) is 0 Å². The Kier molecular flexibility index (Phi) is 6.95. The van der Waals surface area contributed by atoms with E-state index in [4.69, 9.17) is 21.1 Å². The number of carbonyl (C=O) groups excluding carboxylic acids is 1. The van der Waals surface area contributed by atoms with Crippen molar-refractivity contribution >= 4 is 17.5 Å². The average Bonchev–Trinajstić information content (AvgIpc) is 3.28. The first-order valence-corrected chi connectivity index (χ1v) is 10.8. The number of halogens is 1. The Morgan fingerprint density at radius 2 is 1.82 bits per heavy atom. The number of benzene rings is 3. The van der Waals surface area contributed by atoms with Gasteiger partial charge < -0.3 is 19.4 Å². The monoisotopic (exact) mass is 461 g/mol. The second-order valence-electron chi connectivity index (χ2n) is 7.47. The van der Waals surface area contributed by atoms with Crippen LogP contribution in [-0.4, -0.2) is 29.2 Å². The highest BCUT2D eigenvalue weighted by Gasteiger charge is 2.21. The zero-order valence-corrected chi connectivity index (χ0v) is 19.1. The van der Waals surface area contributed by atoms with Crippen molar-refractivity contribution in [3.05, 3.63) is 102 Å². The summed E-state index contributed by atoms with van der Waals surface area (Å²) in [6.45, 7) is -0.179. The van der Waals surface area contributed by atoms with Gasteiger partial charge in [0.25, 0.3) is 5.91 Å². The van der Waals surface area contributed by atoms with Gasteiger partial charge in [0, 0.05) is 19.4 Å². The number of nitrogens with one attached hydrogen (secondary N) is 1. The zero-order valence-electron chi connectivity index (χ0n) is 18.4. The molecule has 0 spiro atoms. The van der Waals surface area contributed by atoms with Crippen molar-refractivity contribution in [2.45, 2.75) is 6.04 Å². The van der Waals surface area contributed by atoms with Gasteiger partial charge in [0.05, 0.1) is 12.1 Å². The molecular formula is C26H24ClN3O3. The molecule has 7 heteroatoms. The summed E-state index contributed by atoms with van der Waals surface area (Å²) < 4.78 is 12.8. The summed E-state index contributed by atoms with van der Waals surface area (Å²) in [6, 6.07) is 22.5. The van der Waals surface area contributed by atoms with E-state index in [0.29, 0.717) is 16.6 Å². The molecule has 1 atom stereocenters. The number of carbonyl (C=O) groups is 1. The molecule has 0 fully saturated rings. The van der Waals surface area contributed by atoms with E-state index in [-0.39, 0.29) is 12.5 Å². The van der Waals surface area contributed by atoms with Crippen LogP contribution in [0.2, 0.25) is 5.02 Å². The molecule has 0 aliphatic rings. The Hall–Kier alpha value is -3.77. The fourth-order valence-electron chi connectivity index (χ4n) is 3.52. The van der Waals surface area contributed by atoms with E-state index in [1.807, 2.05) is 84.5 Å². The molecule has 1 aromatic heterocycles. The largest absolute Gasteiger partial charge is 0.497 e. The van der Waals surface area contributed by atoms with Crippen LogP contribution in [-0.2, 0) is 11.8 Å². The van der Waals surface area contributed by atoms with Gasteiger partial charge in [-0.2, -0.15) is 0 Å². The Balaban J connectivity index is 1.46. The van der Waals surface area contributed by atoms with Crippen LogP contribution in [0.1, 0.15) is 17.4 Å². The normalized spacial score (nSPS) is 11.6. The van der Waals surface area contributed by atoms with Gasteiger partial charge in [-0.25, -0.2) is 4.98 Å². The van der Waals surface area contributed by atoms with Crippen LogP contribution >= 0.6 is 11.6 Å². The summed E-state index contributed by atoms with van der Waals surface area (Å²) in [5, 5.41) is 3.45. The molecule has 0 saturated carbocycles. The maximum Gasteiger partial charge on any atom is 0.258 e. The lowest BCUT2D eigenvalue weighted by atomic mass is 10.1. The number of hydrogen-bond donors (Lipinski definition) is 1. The van der Waals surface area contributed by atoms with E-state index >= 15 is 0 Å². The predicted octanol–water partition coefficient (Wildman–Crippen LogP) is 5.03. The second kappa shape index (κ2) is 10.2. The lowest BCUT2D eigenvalue weighted by Crippen LogP contribution is -2.34. The summed E-state index contributed by atoms with van der Waals surface area (Å²) in [6.07, 6.45) is 3.53. The molecule has 0 saturated heterocycles. The lowest BCUT2D eigenvalue weighted by molar-refractivity contribution is -0.123. The van der Waals surface area contributed by atoms with Gasteiger partial charge in [0.1, 0.15) is 23.4 Å². The van der Waals surface area contributed by atoms with Gasteiger partial charge in [-0.05, 0) is 41.0 Å². The van der Waals surface area contributed by atoms with E-state index in [9.17, 15) is 4.79 Å². The third kappa shape index (κ3) is 5.35. The minimum Gasteiger partial charge on any atom is -0.497 e. The number of ether oxygens (including phenoxy) is 2. The molecule has 0 aliphatic carbocycles. The Bertz CT molecular complexity index is 1220. The summed E-state index contributed by atoms with van der Waals surface area (Å²) >= 11 is 6.41. The molecule has 4 rings (SSSR count).